The number of nitrogens with one attached hydrogen (secondary N) is 1. The second-order valence-corrected chi connectivity index (χ2v) is 8.63. The number of hydrogen-bond donors (Lipinski definition) is 1. The van der Waals surface area contributed by atoms with Crippen LogP contribution in [0.25, 0.3) is 0 Å². The number of ether oxygens (including phenoxy) is 1. The van der Waals surface area contributed by atoms with E-state index in [1.165, 1.54) is 4.31 Å². The lowest BCUT2D eigenvalue weighted by Gasteiger charge is -2.30. The second kappa shape index (κ2) is 9.59. The summed E-state index contributed by atoms with van der Waals surface area (Å²) in [5.74, 6) is 0.381. The molecule has 2 aromatic rings. The van der Waals surface area contributed by atoms with Crippen LogP contribution in [0.4, 0.5) is 5.69 Å². The largest absolute Gasteiger partial charge is 0.492 e. The van der Waals surface area contributed by atoms with Gasteiger partial charge in [0.15, 0.2) is 0 Å². The lowest BCUT2D eigenvalue weighted by atomic mass is 10.1. The number of carbonyl (C=O) groups is 1. The van der Waals surface area contributed by atoms with Gasteiger partial charge in [0.1, 0.15) is 18.4 Å². The van der Waals surface area contributed by atoms with Gasteiger partial charge >= 0.3 is 0 Å². The molecule has 1 N–H and O–H groups in total. The molecule has 0 spiro atoms. The van der Waals surface area contributed by atoms with E-state index in [1.54, 1.807) is 25.1 Å². The van der Waals surface area contributed by atoms with E-state index in [2.05, 4.69) is 5.32 Å². The van der Waals surface area contributed by atoms with Crippen molar-refractivity contribution in [3.8, 4) is 5.75 Å². The van der Waals surface area contributed by atoms with E-state index in [0.717, 1.165) is 23.1 Å². The van der Waals surface area contributed by atoms with E-state index in [-0.39, 0.29) is 12.5 Å². The van der Waals surface area contributed by atoms with Crippen LogP contribution in [0.5, 0.6) is 5.75 Å². The van der Waals surface area contributed by atoms with Crippen LogP contribution in [-0.2, 0) is 14.8 Å². The number of carbonyl (C=O) groups excluding carboxylic acids is 1. The summed E-state index contributed by atoms with van der Waals surface area (Å²) in [6, 6.07) is 13.9. The van der Waals surface area contributed by atoms with Crippen molar-refractivity contribution in [1.29, 1.82) is 0 Å². The number of hydrogen-bond acceptors (Lipinski definition) is 4. The molecule has 7 heteroatoms. The van der Waals surface area contributed by atoms with E-state index < -0.39 is 16.1 Å². The predicted molar refractivity (Wildman–Crippen MR) is 112 cm³/mol. The van der Waals surface area contributed by atoms with Crippen LogP contribution in [0.15, 0.2) is 48.5 Å². The van der Waals surface area contributed by atoms with Crippen molar-refractivity contribution in [1.82, 2.24) is 5.32 Å². The number of nitrogens with zero attached hydrogens (tertiary/aromatic N) is 1. The molecule has 0 saturated carbocycles. The van der Waals surface area contributed by atoms with Crippen molar-refractivity contribution >= 4 is 21.6 Å². The lowest BCUT2D eigenvalue weighted by Crippen LogP contribution is -2.50. The summed E-state index contributed by atoms with van der Waals surface area (Å²) in [6.45, 7) is 6.26. The highest BCUT2D eigenvalue weighted by Crippen LogP contribution is 2.23. The maximum absolute atomic E-state index is 12.7. The number of benzene rings is 2. The standard InChI is InChI=1S/C21H28N2O4S/c1-5-20(23(28(4,25)26)18-8-6-7-17(3)15-18)21(24)22-13-14-27-19-11-9-16(2)10-12-19/h6-12,15,20H,5,13-14H2,1-4H3,(H,22,24)/t20-/m1/s1. The van der Waals surface area contributed by atoms with Gasteiger partial charge in [-0.2, -0.15) is 0 Å². The Hall–Kier alpha value is -2.54. The number of sulfonamides is 1. The maximum atomic E-state index is 12.7. The van der Waals surface area contributed by atoms with Crippen molar-refractivity contribution in [2.45, 2.75) is 33.2 Å². The molecule has 0 fully saturated rings. The molecule has 28 heavy (non-hydrogen) atoms. The molecule has 2 rings (SSSR count). The third-order valence-corrected chi connectivity index (χ3v) is 5.46. The average Bonchev–Trinajstić information content (AvgIpc) is 2.63. The van der Waals surface area contributed by atoms with Crippen LogP contribution in [-0.4, -0.2) is 39.8 Å². The molecule has 0 aliphatic carbocycles. The first-order valence-electron chi connectivity index (χ1n) is 9.25. The topological polar surface area (TPSA) is 75.7 Å². The molecule has 152 valence electrons. The van der Waals surface area contributed by atoms with Crippen molar-refractivity contribution in [2.75, 3.05) is 23.7 Å². The third-order valence-electron chi connectivity index (χ3n) is 4.28. The zero-order valence-corrected chi connectivity index (χ0v) is 17.6. The van der Waals surface area contributed by atoms with Crippen molar-refractivity contribution in [3.05, 3.63) is 59.7 Å². The van der Waals surface area contributed by atoms with Gasteiger partial charge in [-0.05, 0) is 50.1 Å². The van der Waals surface area contributed by atoms with E-state index in [9.17, 15) is 13.2 Å². The molecular formula is C21H28N2O4S. The number of rotatable bonds is 9. The zero-order valence-electron chi connectivity index (χ0n) is 16.8. The molecule has 0 aliphatic rings. The van der Waals surface area contributed by atoms with E-state index in [1.807, 2.05) is 44.2 Å². The minimum Gasteiger partial charge on any atom is -0.492 e. The Morgan fingerprint density at radius 2 is 1.79 bits per heavy atom. The average molecular weight is 405 g/mol. The Labute approximate surface area is 167 Å². The number of amides is 1. The first-order valence-corrected chi connectivity index (χ1v) is 11.1. The maximum Gasteiger partial charge on any atom is 0.244 e. The van der Waals surface area contributed by atoms with Crippen LogP contribution < -0.4 is 14.4 Å². The van der Waals surface area contributed by atoms with E-state index in [0.29, 0.717) is 18.7 Å². The quantitative estimate of drug-likeness (QED) is 0.652. The van der Waals surface area contributed by atoms with Crippen molar-refractivity contribution < 1.29 is 17.9 Å². The Bertz CT molecular complexity index is 895. The first-order chi connectivity index (χ1) is 13.2. The Balaban J connectivity index is 2.04. The van der Waals surface area contributed by atoms with Gasteiger partial charge in [0.2, 0.25) is 15.9 Å². The highest BCUT2D eigenvalue weighted by atomic mass is 32.2. The third kappa shape index (κ3) is 5.99. The van der Waals surface area contributed by atoms with Gasteiger partial charge in [0, 0.05) is 0 Å². The van der Waals surface area contributed by atoms with Gasteiger partial charge in [-0.15, -0.1) is 0 Å². The normalized spacial score (nSPS) is 12.3. The van der Waals surface area contributed by atoms with Gasteiger partial charge < -0.3 is 10.1 Å². The van der Waals surface area contributed by atoms with Gasteiger partial charge in [-0.25, -0.2) is 8.42 Å². The molecule has 6 nitrogen and oxygen atoms in total. The molecular weight excluding hydrogens is 376 g/mol. The molecule has 0 saturated heterocycles. The minimum absolute atomic E-state index is 0.286. The summed E-state index contributed by atoms with van der Waals surface area (Å²) >= 11 is 0. The summed E-state index contributed by atoms with van der Waals surface area (Å²) < 4.78 is 31.6. The lowest BCUT2D eigenvalue weighted by molar-refractivity contribution is -0.122. The monoisotopic (exact) mass is 404 g/mol. The van der Waals surface area contributed by atoms with Crippen LogP contribution in [0.1, 0.15) is 24.5 Å². The van der Waals surface area contributed by atoms with Gasteiger partial charge in [0.25, 0.3) is 0 Å². The predicted octanol–water partition coefficient (Wildman–Crippen LogP) is 3.04. The molecule has 1 atom stereocenters. The minimum atomic E-state index is -3.63. The number of aryl methyl sites for hydroxylation is 2. The summed E-state index contributed by atoms with van der Waals surface area (Å²) in [6.07, 6.45) is 1.47. The van der Waals surface area contributed by atoms with Crippen molar-refractivity contribution in [2.24, 2.45) is 0 Å². The van der Waals surface area contributed by atoms with Gasteiger partial charge in [0.05, 0.1) is 18.5 Å². The van der Waals surface area contributed by atoms with Crippen molar-refractivity contribution in [3.63, 3.8) is 0 Å². The van der Waals surface area contributed by atoms with E-state index >= 15 is 0 Å². The van der Waals surface area contributed by atoms with Gasteiger partial charge in [-0.1, -0.05) is 36.8 Å². The number of anilines is 1. The highest BCUT2D eigenvalue weighted by Gasteiger charge is 2.31. The van der Waals surface area contributed by atoms with Gasteiger partial charge in [-0.3, -0.25) is 9.10 Å². The fraction of sp³-hybridized carbons (Fsp3) is 0.381. The second-order valence-electron chi connectivity index (χ2n) is 6.77. The summed E-state index contributed by atoms with van der Waals surface area (Å²) in [7, 11) is -3.63. The fourth-order valence-corrected chi connectivity index (χ4v) is 4.12. The first kappa shape index (κ1) is 21.8. The molecule has 0 aromatic heterocycles. The highest BCUT2D eigenvalue weighted by molar-refractivity contribution is 7.92. The molecule has 1 amide bonds. The van der Waals surface area contributed by atoms with Crippen LogP contribution in [0.3, 0.4) is 0 Å². The fourth-order valence-electron chi connectivity index (χ4n) is 2.92. The Morgan fingerprint density at radius 3 is 2.36 bits per heavy atom. The van der Waals surface area contributed by atoms with Crippen LogP contribution >= 0.6 is 0 Å². The smallest absolute Gasteiger partial charge is 0.244 e. The molecule has 0 aliphatic heterocycles. The SMILES string of the molecule is CC[C@H](C(=O)NCCOc1ccc(C)cc1)N(c1cccc(C)c1)S(C)(=O)=O. The Kier molecular flexibility index (Phi) is 7.45. The Morgan fingerprint density at radius 1 is 1.11 bits per heavy atom. The molecule has 0 heterocycles. The zero-order chi connectivity index (χ0) is 20.7. The molecule has 0 unspecified atom stereocenters. The van der Waals surface area contributed by atoms with Crippen LogP contribution in [0, 0.1) is 13.8 Å². The molecule has 2 aromatic carbocycles. The molecule has 0 bridgehead atoms. The van der Waals surface area contributed by atoms with Crippen LogP contribution in [0.2, 0.25) is 0 Å². The summed E-state index contributed by atoms with van der Waals surface area (Å²) in [4.78, 5) is 12.7. The molecule has 0 radical (unpaired) electrons. The summed E-state index contributed by atoms with van der Waals surface area (Å²) in [5.41, 5.74) is 2.55. The van der Waals surface area contributed by atoms with E-state index in [4.69, 9.17) is 4.74 Å². The summed E-state index contributed by atoms with van der Waals surface area (Å²) in [5, 5.41) is 2.78.